The Kier molecular flexibility index (Phi) is 31.3. The molecule has 2 atom stereocenters. The van der Waals surface area contributed by atoms with E-state index in [9.17, 15) is 61.5 Å². The SMILES string of the molecule is CC1(C)C(/C=C/Nc2ccccc2)=[N+](CCCCCC(=O)O)c2ccc(S(=O)(=O)O)cc21.CC1(C)C(C=CC=C2N(c3ccccc3)c3ccccc3C2(C)CCCCS(=O)(=O)[O-])=[N+](CCCCCC(=O)O)c2ccc(S(=O)(=O)[O-])cc21.CC1=[N+](c2ccccc2)c2ccccc2C1(C)CCCCS(=O)(=O)[O-].CC[NH+](CC)CC. The lowest BCUT2D eigenvalue weighted by Crippen LogP contribution is -3.11. The van der Waals surface area contributed by atoms with Gasteiger partial charge in [0.2, 0.25) is 22.7 Å². The fourth-order valence-electron chi connectivity index (χ4n) is 15.8. The van der Waals surface area contributed by atoms with Crippen LogP contribution in [0.5, 0.6) is 0 Å². The molecule has 0 bridgehead atoms. The number of quaternary nitrogens is 1. The van der Waals surface area contributed by atoms with Gasteiger partial charge in [0.15, 0.2) is 17.1 Å². The lowest BCUT2D eigenvalue weighted by molar-refractivity contribution is -0.894. The normalized spacial score (nSPS) is 17.8. The van der Waals surface area contributed by atoms with E-state index in [-0.39, 0.29) is 40.2 Å². The Hall–Kier alpha value is -9.09. The number of aliphatic carboxylic acids is 2. The fraction of sp³-hybridized carbons (Fsp3) is 0.398. The number of carboxylic acid groups (broad SMARTS) is 2. The van der Waals surface area contributed by atoms with Crippen LogP contribution in [-0.4, -0.2) is 145 Å². The minimum atomic E-state index is -4.68. The first-order valence-electron chi connectivity index (χ1n) is 39.1. The van der Waals surface area contributed by atoms with Crippen molar-refractivity contribution in [1.29, 1.82) is 0 Å². The van der Waals surface area contributed by atoms with Gasteiger partial charge in [-0.15, -0.1) is 0 Å². The number of anilines is 3. The van der Waals surface area contributed by atoms with E-state index >= 15 is 0 Å². The summed E-state index contributed by atoms with van der Waals surface area (Å²) in [5, 5.41) is 21.2. The first-order valence-corrected chi connectivity index (χ1v) is 45.1. The van der Waals surface area contributed by atoms with Crippen LogP contribution in [0.1, 0.15) is 181 Å². The molecule has 0 aliphatic carbocycles. The van der Waals surface area contributed by atoms with Crippen LogP contribution < -0.4 is 19.7 Å². The van der Waals surface area contributed by atoms with E-state index in [1.54, 1.807) is 17.0 Å². The van der Waals surface area contributed by atoms with Gasteiger partial charge in [-0.1, -0.05) is 110 Å². The highest BCUT2D eigenvalue weighted by atomic mass is 32.2. The second-order valence-corrected chi connectivity index (χ2v) is 36.5. The smallest absolute Gasteiger partial charge is 0.303 e. The summed E-state index contributed by atoms with van der Waals surface area (Å²) in [6.45, 7) is 26.2. The molecule has 4 heterocycles. The highest BCUT2D eigenvalue weighted by molar-refractivity contribution is 7.86. The van der Waals surface area contributed by atoms with Gasteiger partial charge >= 0.3 is 11.9 Å². The second-order valence-electron chi connectivity index (χ2n) is 30.6. The van der Waals surface area contributed by atoms with Gasteiger partial charge in [0, 0.05) is 138 Å². The highest BCUT2D eigenvalue weighted by Crippen LogP contribution is 2.54. The number of rotatable bonds is 34. The summed E-state index contributed by atoms with van der Waals surface area (Å²) in [6, 6.07) is 55.6. The van der Waals surface area contributed by atoms with Crippen LogP contribution in [0.3, 0.4) is 0 Å². The quantitative estimate of drug-likeness (QED) is 0.0142. The number of unbranched alkanes of at least 4 members (excludes halogenated alkanes) is 6. The van der Waals surface area contributed by atoms with Gasteiger partial charge in [-0.3, -0.25) is 14.1 Å². The summed E-state index contributed by atoms with van der Waals surface area (Å²) >= 11 is 0. The van der Waals surface area contributed by atoms with Gasteiger partial charge in [0.25, 0.3) is 10.1 Å². The summed E-state index contributed by atoms with van der Waals surface area (Å²) in [7, 11) is -17.4. The first-order chi connectivity index (χ1) is 53.8. The zero-order chi connectivity index (χ0) is 83.5. The monoisotopic (exact) mass is 1640 g/mol. The molecule has 612 valence electrons. The predicted molar refractivity (Wildman–Crippen MR) is 449 cm³/mol. The van der Waals surface area contributed by atoms with E-state index in [0.29, 0.717) is 70.0 Å². The lowest BCUT2D eigenvalue weighted by Gasteiger charge is -2.30. The number of carbonyl (C=O) groups is 2. The molecule has 0 aromatic heterocycles. The third kappa shape index (κ3) is 23.1. The van der Waals surface area contributed by atoms with E-state index in [2.05, 4.69) is 108 Å². The number of fused-ring (bicyclic) bond motifs is 4. The molecular weight excluding hydrogens is 1530 g/mol. The molecule has 0 saturated heterocycles. The Balaban J connectivity index is 0.000000218. The zero-order valence-electron chi connectivity index (χ0n) is 67.0. The maximum Gasteiger partial charge on any atom is 0.303 e. The number of para-hydroxylation sites is 5. The van der Waals surface area contributed by atoms with Crippen molar-refractivity contribution >= 4 is 109 Å². The number of allylic oxidation sites excluding steroid dienone is 5. The number of benzene rings is 7. The lowest BCUT2D eigenvalue weighted by atomic mass is 9.76. The number of hydrogen-bond donors (Lipinski definition) is 5. The van der Waals surface area contributed by atoms with Gasteiger partial charge in [-0.2, -0.15) is 22.1 Å². The summed E-state index contributed by atoms with van der Waals surface area (Å²) in [4.78, 5) is 25.3. The van der Waals surface area contributed by atoms with Gasteiger partial charge in [0.05, 0.1) is 65.9 Å². The van der Waals surface area contributed by atoms with Crippen LogP contribution in [0.2, 0.25) is 0 Å². The zero-order valence-corrected chi connectivity index (χ0v) is 70.3. The molecule has 4 aliphatic heterocycles. The maximum atomic E-state index is 12.0. The number of nitrogens with zero attached hydrogens (tertiary/aromatic N) is 4. The molecule has 0 amide bonds. The van der Waals surface area contributed by atoms with Crippen molar-refractivity contribution in [3.63, 3.8) is 0 Å². The van der Waals surface area contributed by atoms with Crippen LogP contribution in [-0.2, 0) is 71.7 Å². The van der Waals surface area contributed by atoms with Crippen molar-refractivity contribution in [2.45, 2.75) is 191 Å². The van der Waals surface area contributed by atoms with Gasteiger partial charge in [0.1, 0.15) is 23.2 Å². The van der Waals surface area contributed by atoms with Crippen molar-refractivity contribution in [2.24, 2.45) is 0 Å². The molecule has 0 saturated carbocycles. The van der Waals surface area contributed by atoms with E-state index in [4.69, 9.17) is 10.2 Å². The molecular formula is C88H111N6O16S4+. The molecule has 0 radical (unpaired) electrons. The molecule has 114 heavy (non-hydrogen) atoms. The van der Waals surface area contributed by atoms with Crippen molar-refractivity contribution < 1.29 is 85.7 Å². The molecule has 11 rings (SSSR count). The highest BCUT2D eigenvalue weighted by Gasteiger charge is 2.49. The number of carboxylic acids is 2. The Morgan fingerprint density at radius 2 is 0.956 bits per heavy atom. The van der Waals surface area contributed by atoms with Crippen molar-refractivity contribution in [2.75, 3.05) is 54.4 Å². The maximum absolute atomic E-state index is 12.0. The second kappa shape index (κ2) is 39.5. The van der Waals surface area contributed by atoms with Crippen LogP contribution >= 0.6 is 0 Å². The molecule has 4 aliphatic rings. The third-order valence-corrected chi connectivity index (χ3v) is 25.5. The Bertz CT molecular complexity index is 5210. The van der Waals surface area contributed by atoms with Crippen LogP contribution in [0, 0.1) is 0 Å². The van der Waals surface area contributed by atoms with Crippen molar-refractivity contribution in [3.8, 4) is 0 Å². The van der Waals surface area contributed by atoms with E-state index in [0.717, 1.165) is 81.6 Å². The van der Waals surface area contributed by atoms with E-state index in [1.165, 1.54) is 60.9 Å². The average molecular weight is 1640 g/mol. The first kappa shape index (κ1) is 90.4. The van der Waals surface area contributed by atoms with Gasteiger partial charge in [-0.05, 0) is 180 Å². The van der Waals surface area contributed by atoms with Crippen molar-refractivity contribution in [1.82, 2.24) is 4.58 Å². The minimum absolute atomic E-state index is 0.0859. The molecule has 5 N–H and O–H groups in total. The van der Waals surface area contributed by atoms with Gasteiger partial charge < -0.3 is 39.0 Å². The van der Waals surface area contributed by atoms with E-state index < -0.39 is 74.4 Å². The number of hydrogen-bond acceptors (Lipinski definition) is 15. The van der Waals surface area contributed by atoms with Crippen molar-refractivity contribution in [3.05, 3.63) is 234 Å². The summed E-state index contributed by atoms with van der Waals surface area (Å²) in [5.74, 6) is -2.33. The average Bonchev–Trinajstić information content (AvgIpc) is 1.60. The molecule has 2 unspecified atom stereocenters. The van der Waals surface area contributed by atoms with Crippen LogP contribution in [0.15, 0.2) is 222 Å². The fourth-order valence-corrected chi connectivity index (χ4v) is 17.9. The number of nitrogens with one attached hydrogen (secondary N) is 2. The summed E-state index contributed by atoms with van der Waals surface area (Å²) in [5.41, 5.74) is 13.0. The molecule has 7 aromatic rings. The minimum Gasteiger partial charge on any atom is -0.748 e. The topological polar surface area (TPSA) is 329 Å². The molecule has 0 spiro atoms. The predicted octanol–water partition coefficient (Wildman–Crippen LogP) is 15.4. The van der Waals surface area contributed by atoms with Crippen LogP contribution in [0.25, 0.3) is 0 Å². The Morgan fingerprint density at radius 1 is 0.500 bits per heavy atom. The summed E-state index contributed by atoms with van der Waals surface area (Å²) in [6.07, 6.45) is 17.6. The van der Waals surface area contributed by atoms with E-state index in [1.807, 2.05) is 155 Å². The van der Waals surface area contributed by atoms with Crippen LogP contribution in [0.4, 0.5) is 39.8 Å². The molecule has 0 fully saturated rings. The third-order valence-electron chi connectivity index (χ3n) is 22.2. The summed E-state index contributed by atoms with van der Waals surface area (Å²) < 4.78 is 142. The molecule has 26 heteroatoms. The van der Waals surface area contributed by atoms with Gasteiger partial charge in [-0.25, -0.2) is 25.3 Å². The Morgan fingerprint density at radius 3 is 1.45 bits per heavy atom. The standard InChI is InChI=1S/C38H44N2O8S2.C24H28N2O5S.C20H23NO3S.C6H15N/c1-37(2)31-27-29(50(46,47)48)22-23-32(31)39(25-12-5-8-21-36(41)42)34(37)19-14-20-35-38(3,24-11-13-26-49(43,44)45)30-17-9-10-18-33(30)40(35)28-15-6-4-7-16-28;1-24(2)20-17-19(32(29,30)31)12-13-21(20)26(16-8-4-7-11-23(27)28)22(24)14-15-25-18-9-5-3-6-10-18;1-16-20(2,14-8-9-15-25(22,23)24)18-12-6-7-13-19(18)21(16)17-10-4-3-5-11-17;1-4-7(5-2)6-3/h4,6-7,9-10,14-20,22-23,27H,5,8,11-13,21,24-26H2,1-3H3,(H2-,41,42,43,44,45,46,47,48);3,5-6,9-10,12-15,17H,4,7-8,11,16H2,1-2H3,(H2,27,28,29,30,31);3-7,10-13H,8-9,14-15H2,1-2H3;4-6H2,1-3H3/p+1. The Labute approximate surface area is 674 Å². The molecule has 7 aromatic carbocycles. The largest absolute Gasteiger partial charge is 0.748 e. The molecule has 22 nitrogen and oxygen atoms in total.